The zero-order valence-electron chi connectivity index (χ0n) is 13.9. The van der Waals surface area contributed by atoms with Crippen LogP contribution in [0.4, 0.5) is 13.2 Å². The molecule has 2 aromatic rings. The van der Waals surface area contributed by atoms with Crippen LogP contribution in [0.3, 0.4) is 0 Å². The molecule has 2 aromatic heterocycles. The van der Waals surface area contributed by atoms with Gasteiger partial charge in [-0.05, 0) is 19.9 Å². The van der Waals surface area contributed by atoms with E-state index in [0.717, 1.165) is 0 Å². The minimum atomic E-state index is -4.52. The van der Waals surface area contributed by atoms with Crippen molar-refractivity contribution in [3.05, 3.63) is 40.1 Å². The first-order chi connectivity index (χ1) is 11.8. The topological polar surface area (TPSA) is 69.3 Å². The standard InChI is InChI=1S/C16H18F3N3O3/c1-9-7-11(10(2)25-9)15(23)20-4-5-22-13-3-6-24-8-12(13)14(21-22)16(17,18)19/h7H,3-6,8H2,1-2H3,(H,20,23). The Labute approximate surface area is 141 Å². The largest absolute Gasteiger partial charge is 0.466 e. The molecule has 0 saturated heterocycles. The molecule has 3 rings (SSSR count). The number of furan rings is 1. The number of aromatic nitrogens is 2. The predicted octanol–water partition coefficient (Wildman–Crippen LogP) is 2.61. The maximum absolute atomic E-state index is 13.1. The van der Waals surface area contributed by atoms with Gasteiger partial charge in [0.2, 0.25) is 0 Å². The summed E-state index contributed by atoms with van der Waals surface area (Å²) in [6, 6.07) is 1.62. The van der Waals surface area contributed by atoms with E-state index >= 15 is 0 Å². The fraction of sp³-hybridized carbons (Fsp3) is 0.500. The first-order valence-corrected chi connectivity index (χ1v) is 7.86. The predicted molar refractivity (Wildman–Crippen MR) is 81.1 cm³/mol. The molecule has 9 heteroatoms. The molecule has 25 heavy (non-hydrogen) atoms. The van der Waals surface area contributed by atoms with Gasteiger partial charge in [-0.15, -0.1) is 0 Å². The van der Waals surface area contributed by atoms with E-state index in [1.165, 1.54) is 4.68 Å². The molecule has 1 N–H and O–H groups in total. The molecular weight excluding hydrogens is 339 g/mol. The molecule has 1 aliphatic rings. The summed E-state index contributed by atoms with van der Waals surface area (Å²) in [7, 11) is 0. The maximum atomic E-state index is 13.1. The van der Waals surface area contributed by atoms with Crippen LogP contribution in [-0.4, -0.2) is 28.8 Å². The number of amides is 1. The summed E-state index contributed by atoms with van der Waals surface area (Å²) >= 11 is 0. The van der Waals surface area contributed by atoms with Gasteiger partial charge in [-0.25, -0.2) is 0 Å². The van der Waals surface area contributed by atoms with Gasteiger partial charge in [0.1, 0.15) is 11.5 Å². The van der Waals surface area contributed by atoms with Crippen LogP contribution >= 0.6 is 0 Å². The summed E-state index contributed by atoms with van der Waals surface area (Å²) in [6.07, 6.45) is -4.16. The van der Waals surface area contributed by atoms with Crippen LogP contribution < -0.4 is 5.32 Å². The summed E-state index contributed by atoms with van der Waals surface area (Å²) in [6.45, 7) is 4.00. The van der Waals surface area contributed by atoms with Gasteiger partial charge in [0.05, 0.1) is 25.3 Å². The number of fused-ring (bicyclic) bond motifs is 1. The summed E-state index contributed by atoms with van der Waals surface area (Å²) in [4.78, 5) is 12.1. The van der Waals surface area contributed by atoms with Gasteiger partial charge in [0.15, 0.2) is 5.69 Å². The number of nitrogens with zero attached hydrogens (tertiary/aromatic N) is 2. The van der Waals surface area contributed by atoms with E-state index in [0.29, 0.717) is 35.8 Å². The fourth-order valence-corrected chi connectivity index (χ4v) is 2.95. The third-order valence-electron chi connectivity index (χ3n) is 4.06. The van der Waals surface area contributed by atoms with E-state index in [4.69, 9.17) is 9.15 Å². The molecular formula is C16H18F3N3O3. The minimum absolute atomic E-state index is 0.0892. The molecule has 0 aliphatic carbocycles. The van der Waals surface area contributed by atoms with E-state index < -0.39 is 11.9 Å². The molecule has 0 bridgehead atoms. The van der Waals surface area contributed by atoms with E-state index in [-0.39, 0.29) is 31.2 Å². The van der Waals surface area contributed by atoms with E-state index in [2.05, 4.69) is 10.4 Å². The van der Waals surface area contributed by atoms with Crippen LogP contribution in [0.15, 0.2) is 10.5 Å². The average molecular weight is 357 g/mol. The second kappa shape index (κ2) is 6.55. The molecule has 0 aromatic carbocycles. The Bertz CT molecular complexity index is 793. The lowest BCUT2D eigenvalue weighted by Crippen LogP contribution is -2.28. The number of rotatable bonds is 4. The quantitative estimate of drug-likeness (QED) is 0.913. The smallest absolute Gasteiger partial charge is 0.435 e. The first kappa shape index (κ1) is 17.5. The van der Waals surface area contributed by atoms with Crippen LogP contribution in [-0.2, 0) is 30.5 Å². The van der Waals surface area contributed by atoms with Gasteiger partial charge in [0.25, 0.3) is 5.91 Å². The first-order valence-electron chi connectivity index (χ1n) is 7.86. The van der Waals surface area contributed by atoms with Crippen LogP contribution in [0, 0.1) is 13.8 Å². The van der Waals surface area contributed by atoms with Crippen molar-refractivity contribution in [1.29, 1.82) is 0 Å². The number of hydrogen-bond acceptors (Lipinski definition) is 4. The molecule has 3 heterocycles. The third-order valence-corrected chi connectivity index (χ3v) is 4.06. The van der Waals surface area contributed by atoms with Crippen molar-refractivity contribution in [2.45, 2.75) is 39.6 Å². The SMILES string of the molecule is Cc1cc(C(=O)NCCn2nc(C(F)(F)F)c3c2CCOC3)c(C)o1. The van der Waals surface area contributed by atoms with E-state index in [1.807, 2.05) is 0 Å². The second-order valence-electron chi connectivity index (χ2n) is 5.88. The molecule has 0 atom stereocenters. The highest BCUT2D eigenvalue weighted by atomic mass is 19.4. The highest BCUT2D eigenvalue weighted by Gasteiger charge is 2.39. The Morgan fingerprint density at radius 2 is 2.16 bits per heavy atom. The van der Waals surface area contributed by atoms with Crippen LogP contribution in [0.5, 0.6) is 0 Å². The van der Waals surface area contributed by atoms with Crippen molar-refractivity contribution in [2.24, 2.45) is 0 Å². The lowest BCUT2D eigenvalue weighted by atomic mass is 10.1. The van der Waals surface area contributed by atoms with Gasteiger partial charge in [-0.2, -0.15) is 18.3 Å². The third kappa shape index (κ3) is 3.55. The van der Waals surface area contributed by atoms with E-state index in [1.54, 1.807) is 19.9 Å². The average Bonchev–Trinajstić information content (AvgIpc) is 3.07. The van der Waals surface area contributed by atoms with Gasteiger partial charge in [-0.3, -0.25) is 9.48 Å². The van der Waals surface area contributed by atoms with Crippen molar-refractivity contribution >= 4 is 5.91 Å². The van der Waals surface area contributed by atoms with Crippen molar-refractivity contribution in [3.8, 4) is 0 Å². The van der Waals surface area contributed by atoms with Gasteiger partial charge in [-0.1, -0.05) is 0 Å². The molecule has 6 nitrogen and oxygen atoms in total. The molecule has 1 aliphatic heterocycles. The Morgan fingerprint density at radius 3 is 2.80 bits per heavy atom. The number of aryl methyl sites for hydroxylation is 2. The molecule has 0 unspecified atom stereocenters. The summed E-state index contributed by atoms with van der Waals surface area (Å²) in [5, 5.41) is 6.38. The Kier molecular flexibility index (Phi) is 4.59. The maximum Gasteiger partial charge on any atom is 0.435 e. The van der Waals surface area contributed by atoms with Crippen molar-refractivity contribution in [3.63, 3.8) is 0 Å². The lowest BCUT2D eigenvalue weighted by molar-refractivity contribution is -0.142. The van der Waals surface area contributed by atoms with Gasteiger partial charge < -0.3 is 14.5 Å². The van der Waals surface area contributed by atoms with Crippen molar-refractivity contribution in [2.75, 3.05) is 13.2 Å². The number of nitrogens with one attached hydrogen (secondary N) is 1. The van der Waals surface area contributed by atoms with Crippen molar-refractivity contribution in [1.82, 2.24) is 15.1 Å². The van der Waals surface area contributed by atoms with Crippen molar-refractivity contribution < 1.29 is 27.1 Å². The number of alkyl halides is 3. The van der Waals surface area contributed by atoms with Crippen LogP contribution in [0.1, 0.15) is 38.8 Å². The zero-order valence-corrected chi connectivity index (χ0v) is 13.9. The number of carbonyl (C=O) groups excluding carboxylic acids is 1. The Morgan fingerprint density at radius 1 is 1.40 bits per heavy atom. The number of halogens is 3. The molecule has 0 fully saturated rings. The molecule has 0 radical (unpaired) electrons. The molecule has 1 amide bonds. The monoisotopic (exact) mass is 357 g/mol. The second-order valence-corrected chi connectivity index (χ2v) is 5.88. The number of hydrogen-bond donors (Lipinski definition) is 1. The normalized spacial score (nSPS) is 14.4. The summed E-state index contributed by atoms with van der Waals surface area (Å²) in [5.74, 6) is 0.802. The fourth-order valence-electron chi connectivity index (χ4n) is 2.95. The summed E-state index contributed by atoms with van der Waals surface area (Å²) in [5.41, 5.74) is 0.119. The molecule has 0 saturated carbocycles. The van der Waals surface area contributed by atoms with E-state index in [9.17, 15) is 18.0 Å². The Hall–Kier alpha value is -2.29. The number of ether oxygens (including phenoxy) is 1. The minimum Gasteiger partial charge on any atom is -0.466 e. The Balaban J connectivity index is 1.70. The molecule has 136 valence electrons. The number of carbonyl (C=O) groups is 1. The van der Waals surface area contributed by atoms with Crippen LogP contribution in [0.2, 0.25) is 0 Å². The highest BCUT2D eigenvalue weighted by Crippen LogP contribution is 2.34. The highest BCUT2D eigenvalue weighted by molar-refractivity contribution is 5.95. The lowest BCUT2D eigenvalue weighted by Gasteiger charge is -2.15. The van der Waals surface area contributed by atoms with Gasteiger partial charge >= 0.3 is 6.18 Å². The van der Waals surface area contributed by atoms with Crippen LogP contribution in [0.25, 0.3) is 0 Å². The van der Waals surface area contributed by atoms with Gasteiger partial charge in [0, 0.05) is 24.2 Å². The summed E-state index contributed by atoms with van der Waals surface area (Å²) < 4.78 is 51.0. The molecule has 0 spiro atoms. The zero-order chi connectivity index (χ0) is 18.2.